The van der Waals surface area contributed by atoms with Crippen LogP contribution in [0.3, 0.4) is 0 Å². The second kappa shape index (κ2) is 8.04. The van der Waals surface area contributed by atoms with Gasteiger partial charge in [0.2, 0.25) is 11.8 Å². The van der Waals surface area contributed by atoms with Crippen LogP contribution in [0.5, 0.6) is 0 Å². The number of benzene rings is 2. The molecule has 3 rings (SSSR count). The molecule has 0 saturated heterocycles. The van der Waals surface area contributed by atoms with Crippen LogP contribution in [-0.4, -0.2) is 21.4 Å². The first kappa shape index (κ1) is 18.0. The number of nitrogens with zero attached hydrogens (tertiary/aromatic N) is 3. The summed E-state index contributed by atoms with van der Waals surface area (Å²) in [5.41, 5.74) is 1.75. The Morgan fingerprint density at radius 2 is 2.08 bits per heavy atom. The summed E-state index contributed by atoms with van der Waals surface area (Å²) >= 11 is 7.11. The summed E-state index contributed by atoms with van der Waals surface area (Å²) in [6.07, 6.45) is 0. The van der Waals surface area contributed by atoms with E-state index in [1.165, 1.54) is 0 Å². The highest BCUT2D eigenvalue weighted by atomic mass is 35.5. The zero-order chi connectivity index (χ0) is 18.5. The molecule has 0 aliphatic heterocycles. The summed E-state index contributed by atoms with van der Waals surface area (Å²) in [6.45, 7) is 1.73. The van der Waals surface area contributed by atoms with Crippen molar-refractivity contribution in [3.05, 3.63) is 59.1 Å². The lowest BCUT2D eigenvalue weighted by atomic mass is 10.2. The van der Waals surface area contributed by atoms with E-state index in [9.17, 15) is 4.79 Å². The number of nitriles is 1. The standard InChI is InChI=1S/C18H13ClN4O2S/c1-11(16(24)21-15-7-2-4-12(8-15)10-20)26-18-23-22-17(25-18)13-5-3-6-14(19)9-13/h2-9,11H,1H3,(H,21,24)/t11-/m0/s1. The van der Waals surface area contributed by atoms with Gasteiger partial charge in [-0.05, 0) is 43.3 Å². The van der Waals surface area contributed by atoms with Crippen molar-refractivity contribution in [2.45, 2.75) is 17.4 Å². The highest BCUT2D eigenvalue weighted by molar-refractivity contribution is 8.00. The van der Waals surface area contributed by atoms with E-state index >= 15 is 0 Å². The average molecular weight is 385 g/mol. The van der Waals surface area contributed by atoms with Crippen LogP contribution in [-0.2, 0) is 4.79 Å². The van der Waals surface area contributed by atoms with Crippen LogP contribution in [0.4, 0.5) is 5.69 Å². The Labute approximate surface area is 159 Å². The lowest BCUT2D eigenvalue weighted by Gasteiger charge is -2.09. The van der Waals surface area contributed by atoms with Gasteiger partial charge in [0, 0.05) is 16.3 Å². The molecule has 2 aromatic carbocycles. The van der Waals surface area contributed by atoms with Crippen LogP contribution >= 0.6 is 23.4 Å². The molecule has 0 spiro atoms. The first-order valence-corrected chi connectivity index (χ1v) is 8.88. The Kier molecular flexibility index (Phi) is 5.56. The van der Waals surface area contributed by atoms with Crippen LogP contribution in [0.15, 0.2) is 58.2 Å². The lowest BCUT2D eigenvalue weighted by molar-refractivity contribution is -0.115. The third-order valence-electron chi connectivity index (χ3n) is 3.38. The van der Waals surface area contributed by atoms with Gasteiger partial charge in [0.1, 0.15) is 0 Å². The van der Waals surface area contributed by atoms with E-state index in [1.54, 1.807) is 49.4 Å². The van der Waals surface area contributed by atoms with Crippen molar-refractivity contribution in [2.75, 3.05) is 5.32 Å². The molecule has 0 fully saturated rings. The highest BCUT2D eigenvalue weighted by Crippen LogP contribution is 2.27. The number of hydrogen-bond donors (Lipinski definition) is 1. The van der Waals surface area contributed by atoms with Gasteiger partial charge in [-0.15, -0.1) is 10.2 Å². The summed E-state index contributed by atoms with van der Waals surface area (Å²) in [4.78, 5) is 12.3. The Balaban J connectivity index is 1.65. The maximum atomic E-state index is 12.3. The van der Waals surface area contributed by atoms with Crippen molar-refractivity contribution in [3.8, 4) is 17.5 Å². The number of rotatable bonds is 5. The zero-order valence-electron chi connectivity index (χ0n) is 13.6. The van der Waals surface area contributed by atoms with Crippen molar-refractivity contribution >= 4 is 35.0 Å². The SMILES string of the molecule is C[C@H](Sc1nnc(-c2cccc(Cl)c2)o1)C(=O)Nc1cccc(C#N)c1. The van der Waals surface area contributed by atoms with E-state index < -0.39 is 5.25 Å². The maximum Gasteiger partial charge on any atom is 0.277 e. The van der Waals surface area contributed by atoms with Gasteiger partial charge in [0.25, 0.3) is 5.22 Å². The molecule has 130 valence electrons. The summed E-state index contributed by atoms with van der Waals surface area (Å²) < 4.78 is 5.59. The molecule has 6 nitrogen and oxygen atoms in total. The quantitative estimate of drug-likeness (QED) is 0.656. The average Bonchev–Trinajstić information content (AvgIpc) is 3.10. The first-order valence-electron chi connectivity index (χ1n) is 7.62. The predicted molar refractivity (Wildman–Crippen MR) is 99.8 cm³/mol. The van der Waals surface area contributed by atoms with Gasteiger partial charge in [-0.1, -0.05) is 35.5 Å². The molecule has 1 amide bonds. The second-order valence-corrected chi connectivity index (χ2v) is 7.05. The number of anilines is 1. The number of aromatic nitrogens is 2. The van der Waals surface area contributed by atoms with Gasteiger partial charge < -0.3 is 9.73 Å². The van der Waals surface area contributed by atoms with E-state index in [-0.39, 0.29) is 11.1 Å². The van der Waals surface area contributed by atoms with Gasteiger partial charge >= 0.3 is 0 Å². The van der Waals surface area contributed by atoms with E-state index in [0.29, 0.717) is 27.7 Å². The van der Waals surface area contributed by atoms with Crippen molar-refractivity contribution in [3.63, 3.8) is 0 Å². The third-order valence-corrected chi connectivity index (χ3v) is 4.55. The molecule has 1 N–H and O–H groups in total. The number of carbonyl (C=O) groups is 1. The molecule has 26 heavy (non-hydrogen) atoms. The number of hydrogen-bond acceptors (Lipinski definition) is 6. The molecular formula is C18H13ClN4O2S. The van der Waals surface area contributed by atoms with Crippen molar-refractivity contribution in [1.82, 2.24) is 10.2 Å². The number of halogens is 1. The van der Waals surface area contributed by atoms with Gasteiger partial charge in [0.05, 0.1) is 16.9 Å². The third kappa shape index (κ3) is 4.42. The first-order chi connectivity index (χ1) is 12.5. The summed E-state index contributed by atoms with van der Waals surface area (Å²) in [6, 6.07) is 15.8. The Hall–Kier alpha value is -2.82. The highest BCUT2D eigenvalue weighted by Gasteiger charge is 2.19. The second-order valence-electron chi connectivity index (χ2n) is 5.33. The van der Waals surface area contributed by atoms with Crippen LogP contribution in [0.2, 0.25) is 5.02 Å². The van der Waals surface area contributed by atoms with Crippen molar-refractivity contribution in [1.29, 1.82) is 5.26 Å². The van der Waals surface area contributed by atoms with Gasteiger partial charge in [-0.2, -0.15) is 5.26 Å². The van der Waals surface area contributed by atoms with Crippen molar-refractivity contribution < 1.29 is 9.21 Å². The zero-order valence-corrected chi connectivity index (χ0v) is 15.2. The molecule has 1 heterocycles. The van der Waals surface area contributed by atoms with E-state index in [1.807, 2.05) is 12.1 Å². The molecule has 0 bridgehead atoms. The van der Waals surface area contributed by atoms with Crippen LogP contribution in [0.25, 0.3) is 11.5 Å². The predicted octanol–water partition coefficient (Wildman–Crippen LogP) is 4.38. The van der Waals surface area contributed by atoms with Crippen LogP contribution < -0.4 is 5.32 Å². The molecule has 0 unspecified atom stereocenters. The lowest BCUT2D eigenvalue weighted by Crippen LogP contribution is -2.22. The number of thioether (sulfide) groups is 1. The van der Waals surface area contributed by atoms with E-state index in [0.717, 1.165) is 11.8 Å². The fraction of sp³-hybridized carbons (Fsp3) is 0.111. The molecule has 0 aliphatic rings. The monoisotopic (exact) mass is 384 g/mol. The number of amides is 1. The minimum Gasteiger partial charge on any atom is -0.411 e. The summed E-state index contributed by atoms with van der Waals surface area (Å²) in [5, 5.41) is 20.0. The Bertz CT molecular complexity index is 983. The largest absolute Gasteiger partial charge is 0.411 e. The number of carbonyl (C=O) groups excluding carboxylic acids is 1. The molecule has 0 saturated carbocycles. The van der Waals surface area contributed by atoms with E-state index in [4.69, 9.17) is 21.3 Å². The summed E-state index contributed by atoms with van der Waals surface area (Å²) in [7, 11) is 0. The normalized spacial score (nSPS) is 11.6. The van der Waals surface area contributed by atoms with E-state index in [2.05, 4.69) is 15.5 Å². The smallest absolute Gasteiger partial charge is 0.277 e. The van der Waals surface area contributed by atoms with Crippen LogP contribution in [0.1, 0.15) is 12.5 Å². The number of nitrogens with one attached hydrogen (secondary N) is 1. The molecule has 0 radical (unpaired) electrons. The maximum absolute atomic E-state index is 12.3. The van der Waals surface area contributed by atoms with Gasteiger partial charge in [0.15, 0.2) is 0 Å². The summed E-state index contributed by atoms with van der Waals surface area (Å²) in [5.74, 6) is 0.108. The molecule has 0 aliphatic carbocycles. The fourth-order valence-electron chi connectivity index (χ4n) is 2.11. The Morgan fingerprint density at radius 3 is 2.85 bits per heavy atom. The molecule has 1 atom stereocenters. The van der Waals surface area contributed by atoms with Crippen LogP contribution in [0, 0.1) is 11.3 Å². The fourth-order valence-corrected chi connectivity index (χ4v) is 2.98. The van der Waals surface area contributed by atoms with Gasteiger partial charge in [-0.3, -0.25) is 4.79 Å². The minimum atomic E-state index is -0.464. The molecule has 1 aromatic heterocycles. The Morgan fingerprint density at radius 1 is 1.27 bits per heavy atom. The molecule has 3 aromatic rings. The topological polar surface area (TPSA) is 91.8 Å². The molecular weight excluding hydrogens is 372 g/mol. The minimum absolute atomic E-state index is 0.229. The van der Waals surface area contributed by atoms with Gasteiger partial charge in [-0.25, -0.2) is 0 Å². The van der Waals surface area contributed by atoms with Crippen molar-refractivity contribution in [2.24, 2.45) is 0 Å². The molecule has 8 heteroatoms.